The third-order valence-corrected chi connectivity index (χ3v) is 4.50. The van der Waals surface area contributed by atoms with Gasteiger partial charge in [-0.15, -0.1) is 0 Å². The van der Waals surface area contributed by atoms with E-state index in [2.05, 4.69) is 10.1 Å². The second kappa shape index (κ2) is 6.48. The number of aromatic nitrogens is 2. The molecule has 1 aliphatic carbocycles. The minimum atomic E-state index is 0.424. The number of rotatable bonds is 2. The molecule has 2 aromatic rings. The highest BCUT2D eigenvalue weighted by atomic mass is 35.5. The zero-order valence-electron chi connectivity index (χ0n) is 12.0. The van der Waals surface area contributed by atoms with Crippen molar-refractivity contribution in [2.45, 2.75) is 50.9 Å². The molecule has 3 rings (SSSR count). The van der Waals surface area contributed by atoms with Crippen molar-refractivity contribution in [3.05, 3.63) is 29.0 Å². The summed E-state index contributed by atoms with van der Waals surface area (Å²) in [6.07, 6.45) is 8.80. The van der Waals surface area contributed by atoms with E-state index < -0.39 is 0 Å². The molecule has 1 fully saturated rings. The zero-order chi connectivity index (χ0) is 14.7. The van der Waals surface area contributed by atoms with Crippen LogP contribution in [0.5, 0.6) is 0 Å². The Morgan fingerprint density at radius 2 is 1.81 bits per heavy atom. The fourth-order valence-electron chi connectivity index (χ4n) is 2.91. The van der Waals surface area contributed by atoms with Gasteiger partial charge in [-0.3, -0.25) is 0 Å². The molecule has 0 spiro atoms. The van der Waals surface area contributed by atoms with Crippen LogP contribution < -0.4 is 5.73 Å². The van der Waals surface area contributed by atoms with Crippen molar-refractivity contribution >= 4 is 17.3 Å². The maximum atomic E-state index is 5.94. The van der Waals surface area contributed by atoms with Crippen molar-refractivity contribution < 1.29 is 4.52 Å². The van der Waals surface area contributed by atoms with Gasteiger partial charge >= 0.3 is 0 Å². The van der Waals surface area contributed by atoms with Gasteiger partial charge in [-0.25, -0.2) is 0 Å². The molecule has 0 unspecified atom stereocenters. The van der Waals surface area contributed by atoms with Crippen LogP contribution in [0.2, 0.25) is 5.02 Å². The van der Waals surface area contributed by atoms with Crippen LogP contribution in [0.1, 0.15) is 56.7 Å². The predicted octanol–water partition coefficient (Wildman–Crippen LogP) is 4.80. The number of hydrogen-bond acceptors (Lipinski definition) is 4. The number of benzene rings is 1. The summed E-state index contributed by atoms with van der Waals surface area (Å²) >= 11 is 5.94. The molecule has 0 amide bonds. The lowest BCUT2D eigenvalue weighted by molar-refractivity contribution is 0.393. The lowest BCUT2D eigenvalue weighted by atomic mass is 9.91. The Balaban J connectivity index is 1.79. The van der Waals surface area contributed by atoms with Gasteiger partial charge in [0.15, 0.2) is 5.82 Å². The van der Waals surface area contributed by atoms with Crippen molar-refractivity contribution in [3.8, 4) is 11.5 Å². The molecule has 1 heterocycles. The Labute approximate surface area is 129 Å². The quantitative estimate of drug-likeness (QED) is 0.809. The number of nitrogen functional groups attached to an aromatic ring is 1. The van der Waals surface area contributed by atoms with Crippen molar-refractivity contribution in [2.75, 3.05) is 5.73 Å². The number of nitrogens with zero attached hydrogens (tertiary/aromatic N) is 2. The van der Waals surface area contributed by atoms with E-state index in [1.807, 2.05) is 6.07 Å². The molecule has 5 heteroatoms. The number of hydrogen-bond donors (Lipinski definition) is 1. The van der Waals surface area contributed by atoms with E-state index in [0.29, 0.717) is 22.5 Å². The summed E-state index contributed by atoms with van der Waals surface area (Å²) in [7, 11) is 0. The smallest absolute Gasteiger partial charge is 0.258 e. The van der Waals surface area contributed by atoms with E-state index >= 15 is 0 Å². The molecule has 1 aromatic heterocycles. The SMILES string of the molecule is Nc1cc(-c2nc(C3CCCCCCC3)no2)ccc1Cl. The van der Waals surface area contributed by atoms with E-state index in [0.717, 1.165) is 24.2 Å². The summed E-state index contributed by atoms with van der Waals surface area (Å²) in [5.74, 6) is 1.78. The first-order valence-electron chi connectivity index (χ1n) is 7.63. The number of nitrogens with two attached hydrogens (primary N) is 1. The van der Waals surface area contributed by atoms with Crippen molar-refractivity contribution in [1.29, 1.82) is 0 Å². The van der Waals surface area contributed by atoms with E-state index in [4.69, 9.17) is 21.9 Å². The van der Waals surface area contributed by atoms with E-state index in [-0.39, 0.29) is 0 Å². The fourth-order valence-corrected chi connectivity index (χ4v) is 3.03. The molecular formula is C16H20ClN3O. The van der Waals surface area contributed by atoms with Crippen molar-refractivity contribution in [1.82, 2.24) is 10.1 Å². The molecule has 1 saturated carbocycles. The van der Waals surface area contributed by atoms with Gasteiger partial charge in [0.05, 0.1) is 10.7 Å². The van der Waals surface area contributed by atoms with Gasteiger partial charge in [0.25, 0.3) is 5.89 Å². The lowest BCUT2D eigenvalue weighted by Gasteiger charge is -2.15. The Hall–Kier alpha value is -1.55. The summed E-state index contributed by atoms with van der Waals surface area (Å²) in [4.78, 5) is 4.57. The van der Waals surface area contributed by atoms with Crippen LogP contribution in [0.15, 0.2) is 22.7 Å². The molecule has 1 aromatic carbocycles. The first kappa shape index (κ1) is 14.4. The molecule has 0 atom stereocenters. The van der Waals surface area contributed by atoms with Crippen LogP contribution in [0.4, 0.5) is 5.69 Å². The normalized spacial score (nSPS) is 17.4. The van der Waals surface area contributed by atoms with Crippen LogP contribution >= 0.6 is 11.6 Å². The Morgan fingerprint density at radius 1 is 1.10 bits per heavy atom. The summed E-state index contributed by atoms with van der Waals surface area (Å²) < 4.78 is 5.41. The predicted molar refractivity (Wildman–Crippen MR) is 84.2 cm³/mol. The van der Waals surface area contributed by atoms with Crippen molar-refractivity contribution in [2.24, 2.45) is 0 Å². The molecule has 112 valence electrons. The van der Waals surface area contributed by atoms with Gasteiger partial charge < -0.3 is 10.3 Å². The summed E-state index contributed by atoms with van der Waals surface area (Å²) in [6, 6.07) is 5.39. The maximum absolute atomic E-state index is 5.94. The Morgan fingerprint density at radius 3 is 2.52 bits per heavy atom. The average molecular weight is 306 g/mol. The molecule has 0 aliphatic heterocycles. The van der Waals surface area contributed by atoms with Gasteiger partial charge in [0, 0.05) is 11.5 Å². The fraction of sp³-hybridized carbons (Fsp3) is 0.500. The first-order valence-corrected chi connectivity index (χ1v) is 8.01. The highest BCUT2D eigenvalue weighted by Crippen LogP contribution is 2.31. The molecule has 0 saturated heterocycles. The molecule has 1 aliphatic rings. The largest absolute Gasteiger partial charge is 0.398 e. The molecule has 2 N–H and O–H groups in total. The Bertz CT molecular complexity index is 603. The first-order chi connectivity index (χ1) is 10.2. The van der Waals surface area contributed by atoms with Crippen LogP contribution in [-0.4, -0.2) is 10.1 Å². The minimum absolute atomic E-state index is 0.424. The molecule has 0 radical (unpaired) electrons. The summed E-state index contributed by atoms with van der Waals surface area (Å²) in [5.41, 5.74) is 7.17. The Kier molecular flexibility index (Phi) is 4.44. The highest BCUT2D eigenvalue weighted by molar-refractivity contribution is 6.33. The van der Waals surface area contributed by atoms with Gasteiger partial charge in [0.2, 0.25) is 0 Å². The molecule has 0 bridgehead atoms. The minimum Gasteiger partial charge on any atom is -0.398 e. The second-order valence-corrected chi connectivity index (χ2v) is 6.14. The zero-order valence-corrected chi connectivity index (χ0v) is 12.8. The van der Waals surface area contributed by atoms with Gasteiger partial charge in [-0.2, -0.15) is 4.98 Å². The molecular weight excluding hydrogens is 286 g/mol. The topological polar surface area (TPSA) is 64.9 Å². The highest BCUT2D eigenvalue weighted by Gasteiger charge is 2.20. The van der Waals surface area contributed by atoms with Gasteiger partial charge in [-0.1, -0.05) is 48.9 Å². The van der Waals surface area contributed by atoms with E-state index in [1.54, 1.807) is 12.1 Å². The second-order valence-electron chi connectivity index (χ2n) is 5.74. The van der Waals surface area contributed by atoms with Crippen LogP contribution in [0.3, 0.4) is 0 Å². The monoisotopic (exact) mass is 305 g/mol. The number of halogens is 1. The molecule has 21 heavy (non-hydrogen) atoms. The van der Waals surface area contributed by atoms with E-state index in [1.165, 1.54) is 32.1 Å². The van der Waals surface area contributed by atoms with Gasteiger partial charge in [0.1, 0.15) is 0 Å². The van der Waals surface area contributed by atoms with Crippen LogP contribution in [-0.2, 0) is 0 Å². The number of anilines is 1. The van der Waals surface area contributed by atoms with Gasteiger partial charge in [-0.05, 0) is 31.0 Å². The third-order valence-electron chi connectivity index (χ3n) is 4.16. The average Bonchev–Trinajstić information content (AvgIpc) is 2.91. The summed E-state index contributed by atoms with van der Waals surface area (Å²) in [5, 5.41) is 4.72. The summed E-state index contributed by atoms with van der Waals surface area (Å²) in [6.45, 7) is 0. The van der Waals surface area contributed by atoms with E-state index in [9.17, 15) is 0 Å². The molecule has 4 nitrogen and oxygen atoms in total. The lowest BCUT2D eigenvalue weighted by Crippen LogP contribution is -2.04. The van der Waals surface area contributed by atoms with Crippen LogP contribution in [0, 0.1) is 0 Å². The van der Waals surface area contributed by atoms with Crippen LogP contribution in [0.25, 0.3) is 11.5 Å². The standard InChI is InChI=1S/C16H20ClN3O/c17-13-9-8-12(10-14(13)18)16-19-15(20-21-16)11-6-4-2-1-3-5-7-11/h8-11H,1-7,18H2. The van der Waals surface area contributed by atoms with Crippen molar-refractivity contribution in [3.63, 3.8) is 0 Å². The third kappa shape index (κ3) is 3.38. The maximum Gasteiger partial charge on any atom is 0.258 e.